The molecular weight excluding hydrogens is 477 g/mol. The summed E-state index contributed by atoms with van der Waals surface area (Å²) in [5, 5.41) is 17.7. The van der Waals surface area contributed by atoms with Crippen LogP contribution in [0, 0.1) is 18.3 Å². The number of halogens is 3. The monoisotopic (exact) mass is 502 g/mol. The summed E-state index contributed by atoms with van der Waals surface area (Å²) in [6, 6.07) is 6.54. The van der Waals surface area contributed by atoms with Gasteiger partial charge in [-0.3, -0.25) is 0 Å². The molecular formula is C24H25F3N6O3. The number of rotatable bonds is 5. The molecule has 0 bridgehead atoms. The number of pyridine rings is 1. The van der Waals surface area contributed by atoms with E-state index in [4.69, 9.17) is 14.2 Å². The van der Waals surface area contributed by atoms with Gasteiger partial charge >= 0.3 is 6.36 Å². The Balaban J connectivity index is 1.48. The van der Waals surface area contributed by atoms with Crippen LogP contribution in [0.25, 0.3) is 22.3 Å². The van der Waals surface area contributed by atoms with Crippen LogP contribution in [0.3, 0.4) is 0 Å². The van der Waals surface area contributed by atoms with Crippen LogP contribution in [0.15, 0.2) is 22.7 Å². The zero-order valence-corrected chi connectivity index (χ0v) is 19.6. The van der Waals surface area contributed by atoms with Crippen molar-refractivity contribution < 1.29 is 27.2 Å². The Morgan fingerprint density at radius 1 is 1.14 bits per heavy atom. The van der Waals surface area contributed by atoms with E-state index in [1.165, 1.54) is 6.07 Å². The summed E-state index contributed by atoms with van der Waals surface area (Å²) in [4.78, 5) is 11.1. The van der Waals surface area contributed by atoms with Crippen molar-refractivity contribution in [1.29, 1.82) is 5.26 Å². The summed E-state index contributed by atoms with van der Waals surface area (Å²) in [5.41, 5.74) is 0.780. The van der Waals surface area contributed by atoms with E-state index in [1.807, 2.05) is 6.07 Å². The molecule has 1 N–H and O–H groups in total. The zero-order chi connectivity index (χ0) is 25.3. The minimum Gasteiger partial charge on any atom is -0.406 e. The second-order valence-electron chi connectivity index (χ2n) is 9.04. The van der Waals surface area contributed by atoms with Crippen molar-refractivity contribution in [2.24, 2.45) is 0 Å². The van der Waals surface area contributed by atoms with Gasteiger partial charge in [0.1, 0.15) is 17.6 Å². The minimum atomic E-state index is -4.89. The number of alkyl halides is 3. The molecule has 2 saturated heterocycles. The molecule has 0 radical (unpaired) electrons. The van der Waals surface area contributed by atoms with Gasteiger partial charge in [-0.15, -0.1) is 13.2 Å². The van der Waals surface area contributed by atoms with Gasteiger partial charge in [-0.25, -0.2) is 4.98 Å². The number of piperidine rings is 1. The number of nitrogens with zero attached hydrogens (tertiary/aromatic N) is 5. The molecule has 0 amide bonds. The molecule has 36 heavy (non-hydrogen) atoms. The average Bonchev–Trinajstić information content (AvgIpc) is 3.29. The van der Waals surface area contributed by atoms with Crippen molar-refractivity contribution in [3.63, 3.8) is 0 Å². The molecule has 2 aromatic heterocycles. The van der Waals surface area contributed by atoms with Crippen molar-refractivity contribution in [1.82, 2.24) is 20.4 Å². The van der Waals surface area contributed by atoms with Crippen LogP contribution >= 0.6 is 0 Å². The number of aromatic nitrogens is 3. The standard InChI is InChI=1S/C24H25F3N6O3/c1-14-29-22(32-36-14)20-11-15-9-19(35-24(25,26)27)10-16(12-28)21(15)31-23(20)33-6-4-17(5-7-33)30-18-3-2-8-34-13-18/h9-11,17-18,30H,2-8,13H2,1H3/t18-/m1/s1. The maximum atomic E-state index is 12.8. The Morgan fingerprint density at radius 2 is 1.94 bits per heavy atom. The van der Waals surface area contributed by atoms with Crippen LogP contribution < -0.4 is 15.0 Å². The van der Waals surface area contributed by atoms with E-state index in [9.17, 15) is 18.4 Å². The summed E-state index contributed by atoms with van der Waals surface area (Å²) < 4.78 is 53.3. The summed E-state index contributed by atoms with van der Waals surface area (Å²) in [7, 11) is 0. The van der Waals surface area contributed by atoms with Gasteiger partial charge in [-0.1, -0.05) is 5.16 Å². The topological polar surface area (TPSA) is 109 Å². The van der Waals surface area contributed by atoms with Crippen LogP contribution in [-0.4, -0.2) is 59.9 Å². The number of ether oxygens (including phenoxy) is 2. The van der Waals surface area contributed by atoms with Crippen molar-refractivity contribution in [3.8, 4) is 23.2 Å². The summed E-state index contributed by atoms with van der Waals surface area (Å²) in [6.45, 7) is 4.59. The molecule has 0 unspecified atom stereocenters. The third kappa shape index (κ3) is 5.37. The fourth-order valence-corrected chi connectivity index (χ4v) is 4.81. The minimum absolute atomic E-state index is 0.0160. The van der Waals surface area contributed by atoms with Crippen LogP contribution in [0.1, 0.15) is 37.1 Å². The number of benzene rings is 1. The maximum absolute atomic E-state index is 12.8. The number of anilines is 1. The number of fused-ring (bicyclic) bond motifs is 1. The lowest BCUT2D eigenvalue weighted by Crippen LogP contribution is -2.48. The Hall–Kier alpha value is -3.43. The van der Waals surface area contributed by atoms with Gasteiger partial charge in [0, 0.05) is 50.2 Å². The Labute approximate surface area is 205 Å². The second kappa shape index (κ2) is 9.91. The van der Waals surface area contributed by atoms with E-state index < -0.39 is 12.1 Å². The molecule has 1 atom stereocenters. The molecule has 0 saturated carbocycles. The van der Waals surface area contributed by atoms with Gasteiger partial charge in [0.2, 0.25) is 11.7 Å². The number of hydrogen-bond acceptors (Lipinski definition) is 9. The van der Waals surface area contributed by atoms with Crippen LogP contribution in [-0.2, 0) is 4.74 Å². The summed E-state index contributed by atoms with van der Waals surface area (Å²) in [5.74, 6) is 0.691. The molecule has 1 aromatic carbocycles. The van der Waals surface area contributed by atoms with Crippen molar-refractivity contribution in [2.75, 3.05) is 31.2 Å². The number of nitrogens with one attached hydrogen (secondary N) is 1. The zero-order valence-electron chi connectivity index (χ0n) is 19.6. The lowest BCUT2D eigenvalue weighted by Gasteiger charge is -2.36. The highest BCUT2D eigenvalue weighted by Crippen LogP contribution is 2.36. The van der Waals surface area contributed by atoms with E-state index in [0.717, 1.165) is 45.0 Å². The summed E-state index contributed by atoms with van der Waals surface area (Å²) >= 11 is 0. The molecule has 0 aliphatic carbocycles. The normalized spacial score (nSPS) is 19.4. The number of aryl methyl sites for hydroxylation is 1. The maximum Gasteiger partial charge on any atom is 0.573 e. The predicted molar refractivity (Wildman–Crippen MR) is 123 cm³/mol. The highest BCUT2D eigenvalue weighted by atomic mass is 19.4. The van der Waals surface area contributed by atoms with E-state index >= 15 is 0 Å². The van der Waals surface area contributed by atoms with Crippen LogP contribution in [0.5, 0.6) is 5.75 Å². The quantitative estimate of drug-likeness (QED) is 0.551. The molecule has 9 nitrogen and oxygen atoms in total. The van der Waals surface area contributed by atoms with E-state index in [2.05, 4.69) is 25.1 Å². The van der Waals surface area contributed by atoms with Crippen molar-refractivity contribution in [3.05, 3.63) is 29.7 Å². The van der Waals surface area contributed by atoms with Gasteiger partial charge in [0.15, 0.2) is 0 Å². The lowest BCUT2D eigenvalue weighted by atomic mass is 10.0. The first kappa shape index (κ1) is 24.3. The van der Waals surface area contributed by atoms with Crippen LogP contribution in [0.2, 0.25) is 0 Å². The van der Waals surface area contributed by atoms with Crippen molar-refractivity contribution >= 4 is 16.7 Å². The third-order valence-corrected chi connectivity index (χ3v) is 6.42. The smallest absolute Gasteiger partial charge is 0.406 e. The van der Waals surface area contributed by atoms with Gasteiger partial charge in [-0.05, 0) is 37.8 Å². The Morgan fingerprint density at radius 3 is 2.58 bits per heavy atom. The molecule has 12 heteroatoms. The predicted octanol–water partition coefficient (Wildman–Crippen LogP) is 4.10. The van der Waals surface area contributed by atoms with Gasteiger partial charge in [-0.2, -0.15) is 10.2 Å². The fourth-order valence-electron chi connectivity index (χ4n) is 4.81. The fraction of sp³-hybridized carbons (Fsp3) is 0.500. The Kier molecular flexibility index (Phi) is 6.68. The van der Waals surface area contributed by atoms with Gasteiger partial charge in [0.25, 0.3) is 0 Å². The first-order valence-corrected chi connectivity index (χ1v) is 11.8. The molecule has 2 fully saturated rings. The van der Waals surface area contributed by atoms with E-state index in [-0.39, 0.29) is 16.9 Å². The van der Waals surface area contributed by atoms with Gasteiger partial charge < -0.3 is 24.2 Å². The lowest BCUT2D eigenvalue weighted by molar-refractivity contribution is -0.274. The molecule has 4 heterocycles. The molecule has 2 aliphatic heterocycles. The molecule has 2 aliphatic rings. The summed E-state index contributed by atoms with van der Waals surface area (Å²) in [6.07, 6.45) is -0.967. The van der Waals surface area contributed by atoms with E-state index in [0.29, 0.717) is 47.8 Å². The Bertz CT molecular complexity index is 1270. The van der Waals surface area contributed by atoms with Crippen molar-refractivity contribution in [2.45, 2.75) is 51.1 Å². The van der Waals surface area contributed by atoms with E-state index in [1.54, 1.807) is 13.0 Å². The highest BCUT2D eigenvalue weighted by molar-refractivity contribution is 5.92. The second-order valence-corrected chi connectivity index (χ2v) is 9.04. The molecule has 3 aromatic rings. The average molecular weight is 502 g/mol. The SMILES string of the molecule is Cc1nc(-c2cc3cc(OC(F)(F)F)cc(C#N)c3nc2N2CCC(N[C@@H]3CCCOC3)CC2)no1. The van der Waals surface area contributed by atoms with Gasteiger partial charge in [0.05, 0.1) is 23.3 Å². The molecule has 5 rings (SSSR count). The molecule has 0 spiro atoms. The first-order valence-electron chi connectivity index (χ1n) is 11.8. The largest absolute Gasteiger partial charge is 0.573 e. The number of hydrogen-bond donors (Lipinski definition) is 1. The number of nitriles is 1. The molecule has 190 valence electrons. The van der Waals surface area contributed by atoms with Crippen LogP contribution in [0.4, 0.5) is 19.0 Å². The highest BCUT2D eigenvalue weighted by Gasteiger charge is 2.32. The first-order chi connectivity index (χ1) is 17.3. The third-order valence-electron chi connectivity index (χ3n) is 6.42.